The summed E-state index contributed by atoms with van der Waals surface area (Å²) in [6, 6.07) is 0. The Hall–Kier alpha value is -1.00. The first-order chi connectivity index (χ1) is 9.61. The summed E-state index contributed by atoms with van der Waals surface area (Å²) in [7, 11) is 2.17. The first-order valence-corrected chi connectivity index (χ1v) is 7.77. The van der Waals surface area contributed by atoms with E-state index in [2.05, 4.69) is 48.8 Å². The lowest BCUT2D eigenvalue weighted by molar-refractivity contribution is 0.0518. The first-order valence-electron chi connectivity index (χ1n) is 7.77. The molecule has 1 N–H and O–H groups in total. The van der Waals surface area contributed by atoms with E-state index in [1.807, 2.05) is 0 Å². The highest BCUT2D eigenvalue weighted by molar-refractivity contribution is 5.08. The van der Waals surface area contributed by atoms with E-state index in [0.29, 0.717) is 12.1 Å². The molecule has 2 aliphatic rings. The molecule has 0 radical (unpaired) electrons. The molecular weight excluding hydrogens is 250 g/mol. The molecule has 4 nitrogen and oxygen atoms in total. The summed E-state index contributed by atoms with van der Waals surface area (Å²) in [5, 5.41) is 3.66. The summed E-state index contributed by atoms with van der Waals surface area (Å²) in [6.45, 7) is 13.2. The zero-order valence-corrected chi connectivity index (χ0v) is 13.2. The van der Waals surface area contributed by atoms with Gasteiger partial charge in [0.1, 0.15) is 0 Å². The fourth-order valence-corrected chi connectivity index (χ4v) is 3.14. The van der Waals surface area contributed by atoms with E-state index < -0.39 is 0 Å². The third-order valence-electron chi connectivity index (χ3n) is 4.38. The number of ether oxygens (including phenoxy) is 1. The minimum absolute atomic E-state index is 0.406. The summed E-state index contributed by atoms with van der Waals surface area (Å²) in [6.07, 6.45) is 5.06. The molecule has 0 aliphatic carbocycles. The molecule has 1 fully saturated rings. The zero-order valence-electron chi connectivity index (χ0n) is 13.2. The van der Waals surface area contributed by atoms with Gasteiger partial charge in [-0.25, -0.2) is 0 Å². The lowest BCUT2D eigenvalue weighted by Crippen LogP contribution is -2.49. The van der Waals surface area contributed by atoms with E-state index in [0.717, 1.165) is 39.3 Å². The molecule has 2 heterocycles. The van der Waals surface area contributed by atoms with E-state index in [1.165, 1.54) is 12.1 Å². The Kier molecular flexibility index (Phi) is 5.49. The normalized spacial score (nSPS) is 27.4. The van der Waals surface area contributed by atoms with Crippen LogP contribution in [0.1, 0.15) is 26.7 Å². The molecule has 20 heavy (non-hydrogen) atoms. The van der Waals surface area contributed by atoms with Crippen LogP contribution in [0.25, 0.3) is 0 Å². The topological polar surface area (TPSA) is 27.7 Å². The van der Waals surface area contributed by atoms with Gasteiger partial charge in [-0.05, 0) is 25.0 Å². The molecule has 2 aliphatic heterocycles. The van der Waals surface area contributed by atoms with Gasteiger partial charge in [0, 0.05) is 32.4 Å². The highest BCUT2D eigenvalue weighted by atomic mass is 16.5. The second-order valence-electron chi connectivity index (χ2n) is 5.98. The number of nitrogens with zero attached hydrogens (tertiary/aromatic N) is 2. The van der Waals surface area contributed by atoms with Crippen molar-refractivity contribution in [3.05, 3.63) is 24.0 Å². The maximum Gasteiger partial charge on any atom is 0.0819 e. The fourth-order valence-electron chi connectivity index (χ4n) is 3.14. The molecule has 2 rings (SSSR count). The highest BCUT2D eigenvalue weighted by Crippen LogP contribution is 2.25. The number of allylic oxidation sites excluding steroid dienone is 1. The third kappa shape index (κ3) is 3.76. The van der Waals surface area contributed by atoms with Gasteiger partial charge in [-0.1, -0.05) is 26.0 Å². The van der Waals surface area contributed by atoms with Crippen LogP contribution in [0.4, 0.5) is 0 Å². The molecular formula is C16H29N3O. The molecule has 0 spiro atoms. The molecule has 0 amide bonds. The van der Waals surface area contributed by atoms with Crippen molar-refractivity contribution in [1.29, 1.82) is 0 Å². The first kappa shape index (κ1) is 15.4. The smallest absolute Gasteiger partial charge is 0.0819 e. The van der Waals surface area contributed by atoms with Gasteiger partial charge in [0.2, 0.25) is 0 Å². The second kappa shape index (κ2) is 7.14. The molecule has 114 valence electrons. The van der Waals surface area contributed by atoms with E-state index >= 15 is 0 Å². The van der Waals surface area contributed by atoms with Crippen LogP contribution in [0.3, 0.4) is 0 Å². The van der Waals surface area contributed by atoms with Gasteiger partial charge in [-0.2, -0.15) is 0 Å². The molecule has 0 bridgehead atoms. The molecule has 2 atom stereocenters. The predicted molar refractivity (Wildman–Crippen MR) is 83.2 cm³/mol. The number of morpholine rings is 1. The summed E-state index contributed by atoms with van der Waals surface area (Å²) in [5.41, 5.74) is 2.73. The Morgan fingerprint density at radius 3 is 2.75 bits per heavy atom. The Bertz CT molecular complexity index is 361. The molecule has 0 aromatic heterocycles. The molecule has 0 aromatic carbocycles. The maximum atomic E-state index is 5.38. The maximum absolute atomic E-state index is 5.38. The van der Waals surface area contributed by atoms with Crippen molar-refractivity contribution in [2.45, 2.75) is 32.9 Å². The largest absolute Gasteiger partial charge is 0.378 e. The van der Waals surface area contributed by atoms with Crippen LogP contribution in [0.5, 0.6) is 0 Å². The van der Waals surface area contributed by atoms with E-state index in [-0.39, 0.29) is 0 Å². The van der Waals surface area contributed by atoms with Crippen molar-refractivity contribution >= 4 is 0 Å². The minimum atomic E-state index is 0.406. The van der Waals surface area contributed by atoms with Crippen molar-refractivity contribution in [2.75, 3.05) is 39.9 Å². The highest BCUT2D eigenvalue weighted by Gasteiger charge is 2.25. The van der Waals surface area contributed by atoms with Crippen LogP contribution in [0.2, 0.25) is 0 Å². The van der Waals surface area contributed by atoms with E-state index in [4.69, 9.17) is 4.74 Å². The molecule has 1 saturated heterocycles. The van der Waals surface area contributed by atoms with Crippen molar-refractivity contribution in [2.24, 2.45) is 5.92 Å². The van der Waals surface area contributed by atoms with Crippen LogP contribution < -0.4 is 5.32 Å². The number of hydrogen-bond donors (Lipinski definition) is 1. The van der Waals surface area contributed by atoms with Crippen LogP contribution in [0.15, 0.2) is 24.0 Å². The van der Waals surface area contributed by atoms with Gasteiger partial charge >= 0.3 is 0 Å². The second-order valence-corrected chi connectivity index (χ2v) is 5.98. The minimum Gasteiger partial charge on any atom is -0.378 e. The summed E-state index contributed by atoms with van der Waals surface area (Å²) in [5.74, 6) is 0.637. The Balaban J connectivity index is 1.83. The SMILES string of the molecule is C=C(CNC1C(C)CC(CC)=CN1C)N1CCOCC1. The Morgan fingerprint density at radius 2 is 2.15 bits per heavy atom. The lowest BCUT2D eigenvalue weighted by Gasteiger charge is -2.39. The third-order valence-corrected chi connectivity index (χ3v) is 4.38. The number of nitrogens with one attached hydrogen (secondary N) is 1. The summed E-state index contributed by atoms with van der Waals surface area (Å²) in [4.78, 5) is 4.65. The van der Waals surface area contributed by atoms with Gasteiger partial charge < -0.3 is 14.5 Å². The van der Waals surface area contributed by atoms with Crippen molar-refractivity contribution < 1.29 is 4.74 Å². The monoisotopic (exact) mass is 279 g/mol. The summed E-state index contributed by atoms with van der Waals surface area (Å²) < 4.78 is 5.38. The summed E-state index contributed by atoms with van der Waals surface area (Å²) >= 11 is 0. The average molecular weight is 279 g/mol. The van der Waals surface area contributed by atoms with Crippen molar-refractivity contribution in [1.82, 2.24) is 15.1 Å². The average Bonchev–Trinajstić information content (AvgIpc) is 2.46. The van der Waals surface area contributed by atoms with Crippen LogP contribution in [-0.4, -0.2) is 55.9 Å². The quantitative estimate of drug-likeness (QED) is 0.833. The fraction of sp³-hybridized carbons (Fsp3) is 0.750. The van der Waals surface area contributed by atoms with Gasteiger partial charge in [-0.15, -0.1) is 0 Å². The van der Waals surface area contributed by atoms with Gasteiger partial charge in [0.05, 0.1) is 19.4 Å². The standard InChI is InChI=1S/C16H29N3O/c1-5-15-10-13(2)16(18(4)12-15)17-11-14(3)19-6-8-20-9-7-19/h12-13,16-17H,3,5-11H2,1-2,4H3. The predicted octanol–water partition coefficient (Wildman–Crippen LogP) is 2.01. The molecule has 0 saturated carbocycles. The van der Waals surface area contributed by atoms with E-state index in [1.54, 1.807) is 5.57 Å². The van der Waals surface area contributed by atoms with Gasteiger partial charge in [0.15, 0.2) is 0 Å². The van der Waals surface area contributed by atoms with Crippen molar-refractivity contribution in [3.63, 3.8) is 0 Å². The zero-order chi connectivity index (χ0) is 14.5. The molecule has 0 aromatic rings. The molecule has 2 unspecified atom stereocenters. The van der Waals surface area contributed by atoms with Crippen LogP contribution >= 0.6 is 0 Å². The number of rotatable bonds is 5. The van der Waals surface area contributed by atoms with Crippen LogP contribution in [0, 0.1) is 5.92 Å². The van der Waals surface area contributed by atoms with Gasteiger partial charge in [-0.3, -0.25) is 5.32 Å². The Labute approximate surface area is 123 Å². The van der Waals surface area contributed by atoms with Crippen LogP contribution in [-0.2, 0) is 4.74 Å². The molecule has 4 heteroatoms. The van der Waals surface area contributed by atoms with Crippen molar-refractivity contribution in [3.8, 4) is 0 Å². The van der Waals surface area contributed by atoms with Gasteiger partial charge in [0.25, 0.3) is 0 Å². The Morgan fingerprint density at radius 1 is 1.45 bits per heavy atom. The lowest BCUT2D eigenvalue weighted by atomic mass is 9.93. The number of hydrogen-bond acceptors (Lipinski definition) is 4. The van der Waals surface area contributed by atoms with E-state index in [9.17, 15) is 0 Å².